The Kier molecular flexibility index (Phi) is 5.82. The van der Waals surface area contributed by atoms with Gasteiger partial charge >= 0.3 is 0 Å². The van der Waals surface area contributed by atoms with E-state index in [4.69, 9.17) is 0 Å². The molecule has 1 aromatic carbocycles. The zero-order valence-corrected chi connectivity index (χ0v) is 13.1. The molecule has 1 aliphatic heterocycles. The average Bonchev–Trinajstić information content (AvgIpc) is 2.41. The molecule has 2 atom stereocenters. The smallest absolute Gasteiger partial charge is 0.0914 e. The van der Waals surface area contributed by atoms with Gasteiger partial charge in [0.15, 0.2) is 0 Å². The zero-order chi connectivity index (χ0) is 13.7. The highest BCUT2D eigenvalue weighted by atomic mass is 79.9. The fourth-order valence-corrected chi connectivity index (χ4v) is 3.04. The van der Waals surface area contributed by atoms with E-state index in [1.165, 1.54) is 25.8 Å². The first-order valence-corrected chi connectivity index (χ1v) is 7.80. The van der Waals surface area contributed by atoms with E-state index in [9.17, 15) is 5.11 Å². The number of nitrogens with zero attached hydrogens (tertiary/aromatic N) is 1. The molecular formula is C15H23BrN2O. The molecule has 0 saturated carbocycles. The minimum absolute atomic E-state index is 0.439. The van der Waals surface area contributed by atoms with Gasteiger partial charge in [-0.2, -0.15) is 0 Å². The number of rotatable bonds is 5. The summed E-state index contributed by atoms with van der Waals surface area (Å²) in [5.41, 5.74) is 0.957. The van der Waals surface area contributed by atoms with Gasteiger partial charge in [0.1, 0.15) is 0 Å². The van der Waals surface area contributed by atoms with E-state index in [0.29, 0.717) is 12.6 Å². The summed E-state index contributed by atoms with van der Waals surface area (Å²) in [6.07, 6.45) is 3.46. The van der Waals surface area contributed by atoms with E-state index in [1.54, 1.807) is 0 Å². The number of benzene rings is 1. The molecule has 0 aromatic heterocycles. The van der Waals surface area contributed by atoms with Crippen molar-refractivity contribution in [3.8, 4) is 0 Å². The number of aliphatic hydroxyl groups excluding tert-OH is 1. The Morgan fingerprint density at radius 1 is 1.47 bits per heavy atom. The number of likely N-dealkylation sites (N-methyl/N-ethyl adjacent to an activating group) is 1. The zero-order valence-electron chi connectivity index (χ0n) is 11.5. The van der Waals surface area contributed by atoms with Crippen LogP contribution < -0.4 is 5.32 Å². The van der Waals surface area contributed by atoms with Crippen molar-refractivity contribution in [2.75, 3.05) is 26.7 Å². The molecule has 2 N–H and O–H groups in total. The third-order valence-corrected chi connectivity index (χ3v) is 4.37. The van der Waals surface area contributed by atoms with Crippen molar-refractivity contribution in [1.29, 1.82) is 0 Å². The normalized spacial score (nSPS) is 22.4. The predicted molar refractivity (Wildman–Crippen MR) is 82.2 cm³/mol. The lowest BCUT2D eigenvalue weighted by Crippen LogP contribution is -2.43. The molecule has 0 radical (unpaired) electrons. The Labute approximate surface area is 124 Å². The molecule has 2 unspecified atom stereocenters. The highest BCUT2D eigenvalue weighted by Crippen LogP contribution is 2.18. The monoisotopic (exact) mass is 326 g/mol. The molecule has 4 heteroatoms. The van der Waals surface area contributed by atoms with Crippen LogP contribution in [0.3, 0.4) is 0 Å². The Hall–Kier alpha value is -0.420. The fraction of sp³-hybridized carbons (Fsp3) is 0.600. The van der Waals surface area contributed by atoms with E-state index >= 15 is 0 Å². The minimum atomic E-state index is -0.439. The van der Waals surface area contributed by atoms with Crippen LogP contribution in [0.4, 0.5) is 0 Å². The van der Waals surface area contributed by atoms with Gasteiger partial charge in [0.05, 0.1) is 6.10 Å². The summed E-state index contributed by atoms with van der Waals surface area (Å²) < 4.78 is 1.01. The molecule has 2 rings (SSSR count). The third kappa shape index (κ3) is 4.56. The maximum Gasteiger partial charge on any atom is 0.0914 e. The summed E-state index contributed by atoms with van der Waals surface area (Å²) in [5, 5.41) is 13.5. The van der Waals surface area contributed by atoms with Gasteiger partial charge in [0, 0.05) is 23.6 Å². The van der Waals surface area contributed by atoms with E-state index in [0.717, 1.165) is 16.6 Å². The largest absolute Gasteiger partial charge is 0.387 e. The standard InChI is InChI=1S/C15H23BrN2O/c1-18-8-3-2-7-14(18)10-17-11-15(19)12-5-4-6-13(16)9-12/h4-6,9,14-15,17,19H,2-3,7-8,10-11H2,1H3. The first kappa shape index (κ1) is 15.0. The lowest BCUT2D eigenvalue weighted by atomic mass is 10.0. The van der Waals surface area contributed by atoms with Gasteiger partial charge in [0.2, 0.25) is 0 Å². The van der Waals surface area contributed by atoms with Crippen molar-refractivity contribution in [1.82, 2.24) is 10.2 Å². The molecule has 0 spiro atoms. The molecular weight excluding hydrogens is 304 g/mol. The molecule has 1 aliphatic rings. The lowest BCUT2D eigenvalue weighted by Gasteiger charge is -2.32. The number of aliphatic hydroxyl groups is 1. The summed E-state index contributed by atoms with van der Waals surface area (Å²) in [6, 6.07) is 8.48. The van der Waals surface area contributed by atoms with Gasteiger partial charge in [0.25, 0.3) is 0 Å². The summed E-state index contributed by atoms with van der Waals surface area (Å²) in [7, 11) is 2.19. The Bertz CT molecular complexity index is 399. The quantitative estimate of drug-likeness (QED) is 0.872. The molecule has 1 heterocycles. The van der Waals surface area contributed by atoms with Crippen LogP contribution in [0.2, 0.25) is 0 Å². The molecule has 1 saturated heterocycles. The van der Waals surface area contributed by atoms with E-state index < -0.39 is 6.10 Å². The topological polar surface area (TPSA) is 35.5 Å². The van der Waals surface area contributed by atoms with E-state index in [-0.39, 0.29) is 0 Å². The predicted octanol–water partition coefficient (Wildman–Crippen LogP) is 2.56. The van der Waals surface area contributed by atoms with Crippen LogP contribution in [0.15, 0.2) is 28.7 Å². The molecule has 106 valence electrons. The number of halogens is 1. The third-order valence-electron chi connectivity index (χ3n) is 3.87. The maximum absolute atomic E-state index is 10.1. The molecule has 1 fully saturated rings. The van der Waals surface area contributed by atoms with E-state index in [2.05, 4.69) is 33.2 Å². The van der Waals surface area contributed by atoms with Crippen molar-refractivity contribution in [2.24, 2.45) is 0 Å². The summed E-state index contributed by atoms with van der Waals surface area (Å²) in [5.74, 6) is 0. The van der Waals surface area contributed by atoms with Crippen molar-refractivity contribution in [2.45, 2.75) is 31.4 Å². The highest BCUT2D eigenvalue weighted by Gasteiger charge is 2.18. The summed E-state index contributed by atoms with van der Waals surface area (Å²) in [6.45, 7) is 2.77. The van der Waals surface area contributed by atoms with E-state index in [1.807, 2.05) is 24.3 Å². The average molecular weight is 327 g/mol. The van der Waals surface area contributed by atoms with Gasteiger partial charge in [-0.05, 0) is 44.1 Å². The van der Waals surface area contributed by atoms with Gasteiger partial charge in [-0.3, -0.25) is 0 Å². The van der Waals surface area contributed by atoms with Gasteiger partial charge in [-0.25, -0.2) is 0 Å². The molecule has 0 bridgehead atoms. The number of hydrogen-bond donors (Lipinski definition) is 2. The Balaban J connectivity index is 1.76. The first-order chi connectivity index (χ1) is 9.16. The summed E-state index contributed by atoms with van der Waals surface area (Å²) in [4.78, 5) is 2.42. The van der Waals surface area contributed by atoms with Crippen LogP contribution in [0.5, 0.6) is 0 Å². The second-order valence-corrected chi connectivity index (χ2v) is 6.27. The Morgan fingerprint density at radius 3 is 3.05 bits per heavy atom. The van der Waals surface area contributed by atoms with Crippen LogP contribution >= 0.6 is 15.9 Å². The van der Waals surface area contributed by atoms with Crippen molar-refractivity contribution >= 4 is 15.9 Å². The maximum atomic E-state index is 10.1. The lowest BCUT2D eigenvalue weighted by molar-refractivity contribution is 0.153. The van der Waals surface area contributed by atoms with Gasteiger partial charge in [-0.1, -0.05) is 34.5 Å². The van der Waals surface area contributed by atoms with Crippen LogP contribution in [0.1, 0.15) is 30.9 Å². The second kappa shape index (κ2) is 7.39. The highest BCUT2D eigenvalue weighted by molar-refractivity contribution is 9.10. The van der Waals surface area contributed by atoms with Gasteiger partial charge < -0.3 is 15.3 Å². The molecule has 0 amide bonds. The first-order valence-electron chi connectivity index (χ1n) is 7.01. The van der Waals surface area contributed by atoms with Crippen LogP contribution in [-0.4, -0.2) is 42.7 Å². The number of nitrogens with one attached hydrogen (secondary N) is 1. The number of likely N-dealkylation sites (tertiary alicyclic amines) is 1. The van der Waals surface area contributed by atoms with Crippen molar-refractivity contribution in [3.05, 3.63) is 34.3 Å². The minimum Gasteiger partial charge on any atom is -0.387 e. The molecule has 0 aliphatic carbocycles. The van der Waals surface area contributed by atoms with Crippen LogP contribution in [0.25, 0.3) is 0 Å². The van der Waals surface area contributed by atoms with Crippen molar-refractivity contribution < 1.29 is 5.11 Å². The molecule has 3 nitrogen and oxygen atoms in total. The summed E-state index contributed by atoms with van der Waals surface area (Å²) >= 11 is 3.43. The van der Waals surface area contributed by atoms with Gasteiger partial charge in [-0.15, -0.1) is 0 Å². The van der Waals surface area contributed by atoms with Crippen LogP contribution in [0, 0.1) is 0 Å². The van der Waals surface area contributed by atoms with Crippen LogP contribution in [-0.2, 0) is 0 Å². The SMILES string of the molecule is CN1CCCCC1CNCC(O)c1cccc(Br)c1. The Morgan fingerprint density at radius 2 is 2.32 bits per heavy atom. The molecule has 1 aromatic rings. The number of hydrogen-bond acceptors (Lipinski definition) is 3. The second-order valence-electron chi connectivity index (χ2n) is 5.36. The molecule has 19 heavy (non-hydrogen) atoms. The number of piperidine rings is 1. The fourth-order valence-electron chi connectivity index (χ4n) is 2.62. The van der Waals surface area contributed by atoms with Crippen molar-refractivity contribution in [3.63, 3.8) is 0 Å².